The zero-order valence-corrected chi connectivity index (χ0v) is 25.5. The third kappa shape index (κ3) is 4.82. The van der Waals surface area contributed by atoms with Crippen LogP contribution in [0.4, 0.5) is 0 Å². The van der Waals surface area contributed by atoms with Crippen LogP contribution < -0.4 is 23.7 Å². The van der Waals surface area contributed by atoms with Gasteiger partial charge in [-0.1, -0.05) is 48.2 Å². The Morgan fingerprint density at radius 3 is 2.41 bits per heavy atom. The summed E-state index contributed by atoms with van der Waals surface area (Å²) in [6, 6.07) is 24.0. The van der Waals surface area contributed by atoms with Crippen molar-refractivity contribution in [1.82, 2.24) is 4.90 Å². The second-order valence-corrected chi connectivity index (χ2v) is 11.0. The number of nitrogens with zero attached hydrogens (tertiary/aromatic N) is 2. The molecule has 3 atom stereocenters. The molecule has 0 aromatic heterocycles. The van der Waals surface area contributed by atoms with Gasteiger partial charge < -0.3 is 28.4 Å². The number of ether oxygens (including phenoxy) is 6. The first-order chi connectivity index (χ1) is 22.6. The second kappa shape index (κ2) is 12.0. The van der Waals surface area contributed by atoms with Gasteiger partial charge in [0, 0.05) is 23.2 Å². The molecule has 1 unspecified atom stereocenters. The van der Waals surface area contributed by atoms with E-state index in [1.807, 2.05) is 54.6 Å². The Hall–Kier alpha value is -5.64. The predicted octanol–water partition coefficient (Wildman–Crippen LogP) is 5.92. The standard InChI is InChI=1S/C37H30N2O7/c1-41-28-16-14-26-31(34(28)42-2)37(40)46-33(26)32-30-25(19-29-35(36(30)43-3)45-21-44-29)17-18-39(32)27(15-11-22-7-5-4-6-8-22)24-12-9-23(20-38)10-13-24/h4-10,12-14,16,19,27,32-33H,17-18,21H2,1-3H3/t27?,32-,33+/m0/s1. The highest BCUT2D eigenvalue weighted by atomic mass is 16.7. The van der Waals surface area contributed by atoms with Crippen molar-refractivity contribution in [3.63, 3.8) is 0 Å². The fourth-order valence-electron chi connectivity index (χ4n) is 6.61. The maximum Gasteiger partial charge on any atom is 0.343 e. The lowest BCUT2D eigenvalue weighted by Crippen LogP contribution is -2.41. The van der Waals surface area contributed by atoms with Crippen molar-refractivity contribution in [2.45, 2.75) is 24.6 Å². The number of benzene rings is 4. The Kier molecular flexibility index (Phi) is 7.61. The van der Waals surface area contributed by atoms with Crippen LogP contribution in [0.3, 0.4) is 0 Å². The van der Waals surface area contributed by atoms with Crippen LogP contribution in [-0.2, 0) is 11.2 Å². The summed E-state index contributed by atoms with van der Waals surface area (Å²) in [6.45, 7) is 0.656. The van der Waals surface area contributed by atoms with Gasteiger partial charge in [0.25, 0.3) is 0 Å². The maximum atomic E-state index is 13.6. The first-order valence-corrected chi connectivity index (χ1v) is 14.8. The van der Waals surface area contributed by atoms with Gasteiger partial charge in [0.05, 0.1) is 45.0 Å². The molecule has 0 spiro atoms. The summed E-state index contributed by atoms with van der Waals surface area (Å²) in [5.74, 6) is 8.78. The van der Waals surface area contributed by atoms with Gasteiger partial charge in [-0.2, -0.15) is 5.26 Å². The van der Waals surface area contributed by atoms with Crippen LogP contribution in [0, 0.1) is 23.2 Å². The van der Waals surface area contributed by atoms with Gasteiger partial charge in [-0.25, -0.2) is 4.79 Å². The van der Waals surface area contributed by atoms with Crippen LogP contribution in [-0.4, -0.2) is 45.5 Å². The average Bonchev–Trinajstić information content (AvgIpc) is 3.71. The zero-order valence-electron chi connectivity index (χ0n) is 25.5. The van der Waals surface area contributed by atoms with Gasteiger partial charge in [0.15, 0.2) is 23.0 Å². The van der Waals surface area contributed by atoms with Crippen LogP contribution in [0.5, 0.6) is 28.7 Å². The highest BCUT2D eigenvalue weighted by molar-refractivity contribution is 5.98. The SMILES string of the molecule is COc1ccc2c(c1OC)C(=O)O[C@H]2[C@@H]1c2c(cc3c(c2OC)OCO3)CCN1C(C#Cc1ccccc1)c1ccc(C#N)cc1. The summed E-state index contributed by atoms with van der Waals surface area (Å²) in [5.41, 5.74) is 5.13. The molecule has 4 aromatic rings. The molecule has 7 rings (SSSR count). The van der Waals surface area contributed by atoms with Gasteiger partial charge in [-0.15, -0.1) is 0 Å². The van der Waals surface area contributed by atoms with Crippen LogP contribution >= 0.6 is 0 Å². The Morgan fingerprint density at radius 2 is 1.70 bits per heavy atom. The van der Waals surface area contributed by atoms with Crippen molar-refractivity contribution >= 4 is 5.97 Å². The van der Waals surface area contributed by atoms with Crippen molar-refractivity contribution in [2.75, 3.05) is 34.7 Å². The molecule has 230 valence electrons. The van der Waals surface area contributed by atoms with E-state index in [1.165, 1.54) is 14.2 Å². The van der Waals surface area contributed by atoms with Gasteiger partial charge in [0.1, 0.15) is 11.7 Å². The quantitative estimate of drug-likeness (QED) is 0.194. The van der Waals surface area contributed by atoms with E-state index >= 15 is 0 Å². The van der Waals surface area contributed by atoms with Crippen molar-refractivity contribution in [3.8, 4) is 46.7 Å². The predicted molar refractivity (Wildman–Crippen MR) is 167 cm³/mol. The second-order valence-electron chi connectivity index (χ2n) is 11.0. The Morgan fingerprint density at radius 1 is 0.913 bits per heavy atom. The van der Waals surface area contributed by atoms with E-state index < -0.39 is 24.2 Å². The van der Waals surface area contributed by atoms with Crippen molar-refractivity contribution < 1.29 is 33.2 Å². The third-order valence-electron chi connectivity index (χ3n) is 8.66. The van der Waals surface area contributed by atoms with Gasteiger partial charge >= 0.3 is 5.97 Å². The molecule has 9 nitrogen and oxygen atoms in total. The highest BCUT2D eigenvalue weighted by Gasteiger charge is 2.48. The lowest BCUT2D eigenvalue weighted by molar-refractivity contribution is -0.00369. The molecular formula is C37H30N2O7. The fourth-order valence-corrected chi connectivity index (χ4v) is 6.61. The number of carbonyl (C=O) groups excluding carboxylic acids is 1. The number of hydrogen-bond donors (Lipinski definition) is 0. The monoisotopic (exact) mass is 614 g/mol. The van der Waals surface area contributed by atoms with Gasteiger partial charge in [-0.3, -0.25) is 4.90 Å². The van der Waals surface area contributed by atoms with Crippen LogP contribution in [0.2, 0.25) is 0 Å². The Labute approximate surface area is 266 Å². The van der Waals surface area contributed by atoms with E-state index in [0.29, 0.717) is 58.4 Å². The maximum absolute atomic E-state index is 13.6. The molecule has 3 heterocycles. The molecule has 0 N–H and O–H groups in total. The normalized spacial score (nSPS) is 18.3. The number of carbonyl (C=O) groups is 1. The first kappa shape index (κ1) is 29.1. The van der Waals surface area contributed by atoms with E-state index in [4.69, 9.17) is 28.4 Å². The third-order valence-corrected chi connectivity index (χ3v) is 8.66. The molecule has 4 aromatic carbocycles. The smallest absolute Gasteiger partial charge is 0.343 e. The summed E-state index contributed by atoms with van der Waals surface area (Å²) in [7, 11) is 4.64. The molecule has 46 heavy (non-hydrogen) atoms. The van der Waals surface area contributed by atoms with Crippen LogP contribution in [0.25, 0.3) is 0 Å². The topological polar surface area (TPSA) is 99.5 Å². The molecule has 0 aliphatic carbocycles. The highest BCUT2D eigenvalue weighted by Crippen LogP contribution is 2.57. The molecule has 0 amide bonds. The average molecular weight is 615 g/mol. The van der Waals surface area contributed by atoms with E-state index in [0.717, 1.165) is 22.3 Å². The first-order valence-electron chi connectivity index (χ1n) is 14.8. The number of cyclic esters (lactones) is 1. The number of hydrogen-bond acceptors (Lipinski definition) is 9. The zero-order chi connectivity index (χ0) is 31.8. The summed E-state index contributed by atoms with van der Waals surface area (Å²) < 4.78 is 35.2. The van der Waals surface area contributed by atoms with Gasteiger partial charge in [-0.05, 0) is 53.9 Å². The van der Waals surface area contributed by atoms with E-state index in [1.54, 1.807) is 25.3 Å². The Balaban J connectivity index is 1.45. The minimum Gasteiger partial charge on any atom is -0.493 e. The molecular weight excluding hydrogens is 584 g/mol. The summed E-state index contributed by atoms with van der Waals surface area (Å²) >= 11 is 0. The van der Waals surface area contributed by atoms with Gasteiger partial charge in [0.2, 0.25) is 12.5 Å². The minimum atomic E-state index is -0.755. The molecule has 3 aliphatic rings. The van der Waals surface area contributed by atoms with Crippen LogP contribution in [0.15, 0.2) is 72.8 Å². The molecule has 3 aliphatic heterocycles. The number of fused-ring (bicyclic) bond motifs is 3. The largest absolute Gasteiger partial charge is 0.493 e. The molecule has 0 bridgehead atoms. The molecule has 0 saturated heterocycles. The lowest BCUT2D eigenvalue weighted by Gasteiger charge is -2.43. The van der Waals surface area contributed by atoms with Crippen LogP contribution in [0.1, 0.15) is 61.9 Å². The van der Waals surface area contributed by atoms with Crippen molar-refractivity contribution in [1.29, 1.82) is 5.26 Å². The molecule has 0 radical (unpaired) electrons. The lowest BCUT2D eigenvalue weighted by atomic mass is 9.83. The number of nitriles is 1. The number of esters is 1. The molecule has 9 heteroatoms. The van der Waals surface area contributed by atoms with E-state index in [-0.39, 0.29) is 6.79 Å². The summed E-state index contributed by atoms with van der Waals surface area (Å²) in [4.78, 5) is 15.9. The molecule has 0 saturated carbocycles. The van der Waals surface area contributed by atoms with E-state index in [9.17, 15) is 10.1 Å². The van der Waals surface area contributed by atoms with Crippen molar-refractivity contribution in [2.24, 2.45) is 0 Å². The minimum absolute atomic E-state index is 0.0810. The molecule has 0 fully saturated rings. The fraction of sp³-hybridized carbons (Fsp3) is 0.243. The Bertz CT molecular complexity index is 1920. The summed E-state index contributed by atoms with van der Waals surface area (Å²) in [6.07, 6.45) is -0.104. The number of rotatable bonds is 6. The summed E-state index contributed by atoms with van der Waals surface area (Å²) in [5, 5.41) is 9.50. The number of methoxy groups -OCH3 is 3. The van der Waals surface area contributed by atoms with Crippen molar-refractivity contribution in [3.05, 3.63) is 112 Å². The van der Waals surface area contributed by atoms with E-state index in [2.05, 4.69) is 22.8 Å².